The first-order chi connectivity index (χ1) is 13.3. The second-order valence-electron chi connectivity index (χ2n) is 7.12. The zero-order valence-electron chi connectivity index (χ0n) is 16.8. The average Bonchev–Trinajstić information content (AvgIpc) is 3.16. The van der Waals surface area contributed by atoms with E-state index in [2.05, 4.69) is 32.8 Å². The van der Waals surface area contributed by atoms with Gasteiger partial charge in [0.25, 0.3) is 0 Å². The van der Waals surface area contributed by atoms with E-state index in [-0.39, 0.29) is 24.0 Å². The van der Waals surface area contributed by atoms with Gasteiger partial charge in [0.05, 0.1) is 13.2 Å². The number of nitrogens with one attached hydrogen (secondary N) is 1. The van der Waals surface area contributed by atoms with Crippen molar-refractivity contribution in [3.05, 3.63) is 42.5 Å². The van der Waals surface area contributed by atoms with E-state index in [0.29, 0.717) is 19.1 Å². The fraction of sp³-hybridized carbons (Fsp3) is 0.571. The van der Waals surface area contributed by atoms with Crippen molar-refractivity contribution in [3.63, 3.8) is 0 Å². The summed E-state index contributed by atoms with van der Waals surface area (Å²) in [5.74, 6) is 2.56. The van der Waals surface area contributed by atoms with Crippen LogP contribution in [0.5, 0.6) is 5.75 Å². The van der Waals surface area contributed by atoms with Crippen molar-refractivity contribution in [2.45, 2.75) is 13.0 Å². The molecule has 0 aliphatic carbocycles. The number of hydrogen-bond acceptors (Lipinski definition) is 4. The summed E-state index contributed by atoms with van der Waals surface area (Å²) in [6.07, 6.45) is 2.99. The maximum absolute atomic E-state index is 5.75. The zero-order chi connectivity index (χ0) is 18.9. The van der Waals surface area contributed by atoms with Crippen LogP contribution >= 0.6 is 24.0 Å². The van der Waals surface area contributed by atoms with Crippen LogP contribution in [-0.2, 0) is 11.3 Å². The van der Waals surface area contributed by atoms with E-state index < -0.39 is 0 Å². The van der Waals surface area contributed by atoms with Crippen LogP contribution in [0.2, 0.25) is 0 Å². The Labute approximate surface area is 186 Å². The van der Waals surface area contributed by atoms with Gasteiger partial charge in [-0.2, -0.15) is 0 Å². The second kappa shape index (κ2) is 12.3. The van der Waals surface area contributed by atoms with Gasteiger partial charge in [-0.25, -0.2) is 0 Å². The van der Waals surface area contributed by atoms with Gasteiger partial charge < -0.3 is 19.7 Å². The van der Waals surface area contributed by atoms with Gasteiger partial charge >= 0.3 is 0 Å². The number of ether oxygens (including phenoxy) is 2. The SMILES string of the molecule is C=CCOc1ccccc1CNC(=NC)N1CCC(CN2CCOCC2)C1.I. The second-order valence-corrected chi connectivity index (χ2v) is 7.12. The zero-order valence-corrected chi connectivity index (χ0v) is 19.1. The monoisotopic (exact) mass is 500 g/mol. The van der Waals surface area contributed by atoms with Gasteiger partial charge in [-0.1, -0.05) is 30.9 Å². The average molecular weight is 500 g/mol. The molecule has 28 heavy (non-hydrogen) atoms. The predicted molar refractivity (Wildman–Crippen MR) is 125 cm³/mol. The molecule has 0 spiro atoms. The van der Waals surface area contributed by atoms with Gasteiger partial charge in [-0.05, 0) is 18.4 Å². The molecule has 2 saturated heterocycles. The Balaban J connectivity index is 0.00000280. The minimum Gasteiger partial charge on any atom is -0.489 e. The molecule has 0 saturated carbocycles. The lowest BCUT2D eigenvalue weighted by Crippen LogP contribution is -2.42. The highest BCUT2D eigenvalue weighted by Crippen LogP contribution is 2.20. The molecule has 3 rings (SSSR count). The van der Waals surface area contributed by atoms with Gasteiger partial charge in [0.2, 0.25) is 0 Å². The minimum absolute atomic E-state index is 0. The van der Waals surface area contributed by atoms with E-state index >= 15 is 0 Å². The predicted octanol–water partition coefficient (Wildman–Crippen LogP) is 2.60. The van der Waals surface area contributed by atoms with Crippen molar-refractivity contribution in [1.82, 2.24) is 15.1 Å². The van der Waals surface area contributed by atoms with Crippen LogP contribution in [0.25, 0.3) is 0 Å². The third kappa shape index (κ3) is 6.63. The number of rotatable bonds is 7. The molecule has 0 amide bonds. The quantitative estimate of drug-likeness (QED) is 0.270. The summed E-state index contributed by atoms with van der Waals surface area (Å²) in [5, 5.41) is 3.51. The number of aliphatic imine (C=N–C) groups is 1. The van der Waals surface area contributed by atoms with Crippen molar-refractivity contribution >= 4 is 29.9 Å². The molecule has 156 valence electrons. The molecule has 0 aromatic heterocycles. The number of hydrogen-bond donors (Lipinski definition) is 1. The summed E-state index contributed by atoms with van der Waals surface area (Å²) in [7, 11) is 1.86. The highest BCUT2D eigenvalue weighted by molar-refractivity contribution is 14.0. The molecule has 7 heteroatoms. The molecule has 1 aromatic rings. The lowest BCUT2D eigenvalue weighted by atomic mass is 10.1. The summed E-state index contributed by atoms with van der Waals surface area (Å²) < 4.78 is 11.2. The van der Waals surface area contributed by atoms with E-state index in [1.165, 1.54) is 6.42 Å². The molecule has 2 heterocycles. The summed E-state index contributed by atoms with van der Waals surface area (Å²) in [6.45, 7) is 12.1. The molecule has 2 fully saturated rings. The van der Waals surface area contributed by atoms with Crippen LogP contribution < -0.4 is 10.1 Å². The van der Waals surface area contributed by atoms with Gasteiger partial charge in [0.15, 0.2) is 5.96 Å². The minimum atomic E-state index is 0. The summed E-state index contributed by atoms with van der Waals surface area (Å²) in [5.41, 5.74) is 1.13. The molecule has 2 aliphatic heterocycles. The van der Waals surface area contributed by atoms with Crippen LogP contribution in [0.15, 0.2) is 41.9 Å². The van der Waals surface area contributed by atoms with E-state index in [0.717, 1.165) is 63.2 Å². The first-order valence-corrected chi connectivity index (χ1v) is 9.87. The number of benzene rings is 1. The fourth-order valence-electron chi connectivity index (χ4n) is 3.77. The molecule has 0 radical (unpaired) electrons. The summed E-state index contributed by atoms with van der Waals surface area (Å²) >= 11 is 0. The number of guanidine groups is 1. The van der Waals surface area contributed by atoms with Crippen LogP contribution in [0.4, 0.5) is 0 Å². The molecule has 1 atom stereocenters. The largest absolute Gasteiger partial charge is 0.489 e. The van der Waals surface area contributed by atoms with E-state index in [4.69, 9.17) is 9.47 Å². The van der Waals surface area contributed by atoms with Crippen LogP contribution in [-0.4, -0.2) is 75.4 Å². The Morgan fingerprint density at radius 3 is 2.86 bits per heavy atom. The Morgan fingerprint density at radius 1 is 1.32 bits per heavy atom. The normalized spacial score (nSPS) is 20.5. The first-order valence-electron chi connectivity index (χ1n) is 9.87. The Kier molecular flexibility index (Phi) is 10.1. The van der Waals surface area contributed by atoms with Crippen molar-refractivity contribution in [1.29, 1.82) is 0 Å². The van der Waals surface area contributed by atoms with Gasteiger partial charge in [0.1, 0.15) is 12.4 Å². The molecular weight excluding hydrogens is 467 g/mol. The first kappa shape index (κ1) is 23.0. The molecule has 2 aliphatic rings. The maximum atomic E-state index is 5.75. The Bertz CT molecular complexity index is 635. The molecule has 6 nitrogen and oxygen atoms in total. The highest BCUT2D eigenvalue weighted by Gasteiger charge is 2.27. The Hall–Kier alpha value is -1.32. The third-order valence-corrected chi connectivity index (χ3v) is 5.18. The van der Waals surface area contributed by atoms with Crippen molar-refractivity contribution < 1.29 is 9.47 Å². The van der Waals surface area contributed by atoms with Gasteiger partial charge in [0, 0.05) is 51.9 Å². The molecule has 1 N–H and O–H groups in total. The Morgan fingerprint density at radius 2 is 2.11 bits per heavy atom. The van der Waals surface area contributed by atoms with Crippen LogP contribution in [0.1, 0.15) is 12.0 Å². The summed E-state index contributed by atoms with van der Waals surface area (Å²) in [4.78, 5) is 9.40. The fourth-order valence-corrected chi connectivity index (χ4v) is 3.77. The van der Waals surface area contributed by atoms with Crippen molar-refractivity contribution in [2.75, 3.05) is 59.6 Å². The molecule has 0 bridgehead atoms. The van der Waals surface area contributed by atoms with E-state index in [1.54, 1.807) is 6.08 Å². The molecule has 1 unspecified atom stereocenters. The number of halogens is 1. The maximum Gasteiger partial charge on any atom is 0.193 e. The van der Waals surface area contributed by atoms with E-state index in [9.17, 15) is 0 Å². The third-order valence-electron chi connectivity index (χ3n) is 5.18. The number of nitrogens with zero attached hydrogens (tertiary/aromatic N) is 3. The number of para-hydroxylation sites is 1. The number of morpholine rings is 1. The number of likely N-dealkylation sites (tertiary alicyclic amines) is 1. The molecular formula is C21H33IN4O2. The molecule has 1 aromatic carbocycles. The van der Waals surface area contributed by atoms with E-state index in [1.807, 2.05) is 25.2 Å². The highest BCUT2D eigenvalue weighted by atomic mass is 127. The summed E-state index contributed by atoms with van der Waals surface area (Å²) in [6, 6.07) is 8.11. The standard InChI is InChI=1S/C21H32N4O2.HI/c1-3-12-27-20-7-5-4-6-19(20)15-23-21(22-2)25-9-8-18(17-25)16-24-10-13-26-14-11-24;/h3-7,18H,1,8-17H2,2H3,(H,22,23);1H. The lowest BCUT2D eigenvalue weighted by molar-refractivity contribution is 0.0315. The van der Waals surface area contributed by atoms with Crippen molar-refractivity contribution in [2.24, 2.45) is 10.9 Å². The van der Waals surface area contributed by atoms with Crippen LogP contribution in [0.3, 0.4) is 0 Å². The smallest absolute Gasteiger partial charge is 0.193 e. The lowest BCUT2D eigenvalue weighted by Gasteiger charge is -2.29. The van der Waals surface area contributed by atoms with Crippen molar-refractivity contribution in [3.8, 4) is 5.75 Å². The van der Waals surface area contributed by atoms with Gasteiger partial charge in [-0.3, -0.25) is 9.89 Å². The van der Waals surface area contributed by atoms with Gasteiger partial charge in [-0.15, -0.1) is 24.0 Å². The van der Waals surface area contributed by atoms with Crippen LogP contribution in [0, 0.1) is 5.92 Å². The topological polar surface area (TPSA) is 49.3 Å².